The van der Waals surface area contributed by atoms with Gasteiger partial charge in [-0.05, 0) is 19.3 Å². The molecule has 1 rings (SSSR count). The highest BCUT2D eigenvalue weighted by Gasteiger charge is 2.13. The molecule has 0 saturated heterocycles. The average Bonchev–Trinajstić information content (AvgIpc) is 2.45. The Morgan fingerprint density at radius 3 is 2.10 bits per heavy atom. The van der Waals surface area contributed by atoms with Crippen LogP contribution in [0.3, 0.4) is 0 Å². The molecule has 112 valence electrons. The Kier molecular flexibility index (Phi) is 6.93. The first-order chi connectivity index (χ1) is 9.62. The molecule has 6 heteroatoms. The third-order valence-electron chi connectivity index (χ3n) is 2.72. The zero-order valence-corrected chi connectivity index (χ0v) is 12.9. The van der Waals surface area contributed by atoms with E-state index < -0.39 is 0 Å². The number of nitrogens with two attached hydrogens (primary N) is 1. The minimum absolute atomic E-state index is 0.540. The van der Waals surface area contributed by atoms with Crippen LogP contribution in [0.4, 0.5) is 0 Å². The first kappa shape index (κ1) is 16.4. The predicted molar refractivity (Wildman–Crippen MR) is 82.2 cm³/mol. The molecular weight excluding hydrogens is 278 g/mol. The Labute approximate surface area is 125 Å². The van der Waals surface area contributed by atoms with Crippen LogP contribution in [0, 0.1) is 0 Å². The Balaban J connectivity index is 2.64. The molecule has 0 aliphatic carbocycles. The van der Waals surface area contributed by atoms with Crippen LogP contribution in [0.1, 0.15) is 19.3 Å². The largest absolute Gasteiger partial charge is 0.493 e. The molecule has 0 aromatic heterocycles. The van der Waals surface area contributed by atoms with Gasteiger partial charge >= 0.3 is 0 Å². The summed E-state index contributed by atoms with van der Waals surface area (Å²) < 4.78 is 21.4. The smallest absolute Gasteiger partial charge is 0.203 e. The molecule has 0 bridgehead atoms. The van der Waals surface area contributed by atoms with E-state index in [9.17, 15) is 0 Å². The van der Waals surface area contributed by atoms with Crippen molar-refractivity contribution in [1.29, 1.82) is 0 Å². The van der Waals surface area contributed by atoms with Crippen LogP contribution in [0.15, 0.2) is 12.1 Å². The first-order valence-corrected chi connectivity index (χ1v) is 6.74. The van der Waals surface area contributed by atoms with E-state index in [4.69, 9.17) is 36.9 Å². The van der Waals surface area contributed by atoms with Crippen molar-refractivity contribution >= 4 is 17.2 Å². The lowest BCUT2D eigenvalue weighted by atomic mass is 10.2. The molecule has 0 atom stereocenters. The maximum absolute atomic E-state index is 5.67. The summed E-state index contributed by atoms with van der Waals surface area (Å²) in [5.74, 6) is 2.38. The van der Waals surface area contributed by atoms with Crippen molar-refractivity contribution in [2.45, 2.75) is 19.3 Å². The molecule has 0 radical (unpaired) electrons. The van der Waals surface area contributed by atoms with Gasteiger partial charge in [-0.15, -0.1) is 0 Å². The summed E-state index contributed by atoms with van der Waals surface area (Å²) in [7, 11) is 4.71. The van der Waals surface area contributed by atoms with Crippen LogP contribution in [-0.2, 0) is 0 Å². The fraction of sp³-hybridized carbons (Fsp3) is 0.500. The van der Waals surface area contributed by atoms with Crippen LogP contribution in [-0.4, -0.2) is 32.9 Å². The number of rotatable bonds is 9. The fourth-order valence-corrected chi connectivity index (χ4v) is 1.88. The average molecular weight is 299 g/mol. The SMILES string of the molecule is COc1cc(OCCCCC(N)=S)cc(OC)c1OC. The Morgan fingerprint density at radius 1 is 1.05 bits per heavy atom. The highest BCUT2D eigenvalue weighted by molar-refractivity contribution is 7.80. The molecular formula is C14H21NO4S. The summed E-state index contributed by atoms with van der Waals surface area (Å²) in [5.41, 5.74) is 5.44. The van der Waals surface area contributed by atoms with Crippen LogP contribution < -0.4 is 24.7 Å². The second-order valence-electron chi connectivity index (χ2n) is 4.13. The maximum Gasteiger partial charge on any atom is 0.203 e. The van der Waals surface area contributed by atoms with Crippen LogP contribution in [0.2, 0.25) is 0 Å². The van der Waals surface area contributed by atoms with Gasteiger partial charge in [0.15, 0.2) is 11.5 Å². The monoisotopic (exact) mass is 299 g/mol. The van der Waals surface area contributed by atoms with E-state index in [2.05, 4.69) is 0 Å². The van der Waals surface area contributed by atoms with E-state index in [1.54, 1.807) is 33.5 Å². The zero-order chi connectivity index (χ0) is 15.0. The molecule has 2 N–H and O–H groups in total. The Bertz CT molecular complexity index is 426. The van der Waals surface area contributed by atoms with Gasteiger partial charge in [-0.25, -0.2) is 0 Å². The number of methoxy groups -OCH3 is 3. The van der Waals surface area contributed by atoms with Gasteiger partial charge in [-0.1, -0.05) is 12.2 Å². The maximum atomic E-state index is 5.67. The molecule has 0 saturated carbocycles. The zero-order valence-electron chi connectivity index (χ0n) is 12.1. The van der Waals surface area contributed by atoms with Crippen molar-refractivity contribution in [3.63, 3.8) is 0 Å². The normalized spacial score (nSPS) is 9.95. The highest BCUT2D eigenvalue weighted by atomic mass is 32.1. The van der Waals surface area contributed by atoms with Gasteiger partial charge in [-0.2, -0.15) is 0 Å². The van der Waals surface area contributed by atoms with Crippen molar-refractivity contribution in [2.24, 2.45) is 5.73 Å². The lowest BCUT2D eigenvalue weighted by Crippen LogP contribution is -2.08. The standard InChI is InChI=1S/C14H21NO4S/c1-16-11-8-10(9-12(17-2)14(11)18-3)19-7-5-4-6-13(15)20/h8-9H,4-7H2,1-3H3,(H2,15,20). The van der Waals surface area contributed by atoms with Crippen molar-refractivity contribution in [3.05, 3.63) is 12.1 Å². The van der Waals surface area contributed by atoms with Gasteiger partial charge < -0.3 is 24.7 Å². The van der Waals surface area contributed by atoms with Crippen molar-refractivity contribution in [1.82, 2.24) is 0 Å². The van der Waals surface area contributed by atoms with E-state index in [1.807, 2.05) is 0 Å². The van der Waals surface area contributed by atoms with Crippen LogP contribution >= 0.6 is 12.2 Å². The van der Waals surface area contributed by atoms with Crippen molar-refractivity contribution < 1.29 is 18.9 Å². The third-order valence-corrected chi connectivity index (χ3v) is 2.93. The number of benzene rings is 1. The number of hydrogen-bond acceptors (Lipinski definition) is 5. The molecule has 0 aliphatic heterocycles. The third kappa shape index (κ3) is 4.77. The number of thiocarbonyl (C=S) groups is 1. The van der Waals surface area contributed by atoms with Gasteiger partial charge in [0, 0.05) is 12.1 Å². The molecule has 0 unspecified atom stereocenters. The minimum Gasteiger partial charge on any atom is -0.493 e. The second kappa shape index (κ2) is 8.47. The number of hydrogen-bond donors (Lipinski definition) is 1. The van der Waals surface area contributed by atoms with Gasteiger partial charge in [0.05, 0.1) is 32.9 Å². The lowest BCUT2D eigenvalue weighted by Gasteiger charge is -2.14. The molecule has 0 amide bonds. The summed E-state index contributed by atoms with van der Waals surface area (Å²) >= 11 is 4.82. The molecule has 1 aromatic rings. The summed E-state index contributed by atoms with van der Waals surface area (Å²) in [6, 6.07) is 3.55. The summed E-state index contributed by atoms with van der Waals surface area (Å²) in [5, 5.41) is 0. The number of unbranched alkanes of at least 4 members (excludes halogenated alkanes) is 1. The van der Waals surface area contributed by atoms with Crippen molar-refractivity contribution in [2.75, 3.05) is 27.9 Å². The molecule has 0 aliphatic rings. The molecule has 1 aromatic carbocycles. The molecule has 20 heavy (non-hydrogen) atoms. The van der Waals surface area contributed by atoms with Gasteiger partial charge in [-0.3, -0.25) is 0 Å². The summed E-state index contributed by atoms with van der Waals surface area (Å²) in [6.07, 6.45) is 2.54. The van der Waals surface area contributed by atoms with E-state index in [1.165, 1.54) is 0 Å². The fourth-order valence-electron chi connectivity index (χ4n) is 1.73. The van der Waals surface area contributed by atoms with E-state index in [0.717, 1.165) is 19.3 Å². The first-order valence-electron chi connectivity index (χ1n) is 6.33. The van der Waals surface area contributed by atoms with Gasteiger partial charge in [0.2, 0.25) is 5.75 Å². The Hall–Kier alpha value is -1.69. The summed E-state index contributed by atoms with van der Waals surface area (Å²) in [4.78, 5) is 0.540. The van der Waals surface area contributed by atoms with Crippen LogP contribution in [0.25, 0.3) is 0 Å². The number of ether oxygens (including phenoxy) is 4. The second-order valence-corrected chi connectivity index (χ2v) is 4.66. The molecule has 0 heterocycles. The lowest BCUT2D eigenvalue weighted by molar-refractivity contribution is 0.293. The quantitative estimate of drug-likeness (QED) is 0.558. The van der Waals surface area contributed by atoms with E-state index in [0.29, 0.717) is 34.6 Å². The summed E-state index contributed by atoms with van der Waals surface area (Å²) in [6.45, 7) is 0.585. The molecule has 5 nitrogen and oxygen atoms in total. The van der Waals surface area contributed by atoms with Gasteiger partial charge in [0.25, 0.3) is 0 Å². The van der Waals surface area contributed by atoms with Crippen molar-refractivity contribution in [3.8, 4) is 23.0 Å². The van der Waals surface area contributed by atoms with Gasteiger partial charge in [0.1, 0.15) is 5.75 Å². The van der Waals surface area contributed by atoms with E-state index in [-0.39, 0.29) is 0 Å². The van der Waals surface area contributed by atoms with E-state index >= 15 is 0 Å². The molecule has 0 fully saturated rings. The Morgan fingerprint density at radius 2 is 1.65 bits per heavy atom. The topological polar surface area (TPSA) is 62.9 Å². The highest BCUT2D eigenvalue weighted by Crippen LogP contribution is 2.40. The van der Waals surface area contributed by atoms with Crippen LogP contribution in [0.5, 0.6) is 23.0 Å². The molecule has 0 spiro atoms. The minimum atomic E-state index is 0.540. The predicted octanol–water partition coefficient (Wildman–Crippen LogP) is 2.55.